The van der Waals surface area contributed by atoms with E-state index in [9.17, 15) is 9.59 Å². The van der Waals surface area contributed by atoms with Gasteiger partial charge in [-0.05, 0) is 25.2 Å². The molecule has 17 heavy (non-hydrogen) atoms. The number of carbonyl (C=O) groups excluding carboxylic acids is 2. The van der Waals surface area contributed by atoms with Gasteiger partial charge in [-0.1, -0.05) is 26.3 Å². The summed E-state index contributed by atoms with van der Waals surface area (Å²) in [5.74, 6) is 1.49. The second kappa shape index (κ2) is 2.73. The Balaban J connectivity index is 2.04. The summed E-state index contributed by atoms with van der Waals surface area (Å²) < 4.78 is 0. The van der Waals surface area contributed by atoms with Crippen LogP contribution in [0.4, 0.5) is 0 Å². The molecule has 2 nitrogen and oxygen atoms in total. The number of fused-ring (bicyclic) bond motifs is 1. The molecule has 2 heteroatoms. The van der Waals surface area contributed by atoms with Crippen LogP contribution < -0.4 is 0 Å². The van der Waals surface area contributed by atoms with Crippen LogP contribution in [0.25, 0.3) is 0 Å². The molecule has 3 aliphatic rings. The topological polar surface area (TPSA) is 34.1 Å². The summed E-state index contributed by atoms with van der Waals surface area (Å²) in [5.41, 5.74) is 0.279. The van der Waals surface area contributed by atoms with Gasteiger partial charge >= 0.3 is 0 Å². The zero-order valence-electron chi connectivity index (χ0n) is 11.0. The van der Waals surface area contributed by atoms with Gasteiger partial charge in [-0.3, -0.25) is 9.59 Å². The van der Waals surface area contributed by atoms with Crippen molar-refractivity contribution < 1.29 is 9.59 Å². The second-order valence-corrected chi connectivity index (χ2v) is 7.11. The first kappa shape index (κ1) is 11.2. The molecule has 5 unspecified atom stereocenters. The number of Topliss-reactive ketones (excluding diaryl/α,β-unsaturated/α-hetero) is 2. The second-order valence-electron chi connectivity index (χ2n) is 7.11. The summed E-state index contributed by atoms with van der Waals surface area (Å²) in [7, 11) is 0. The number of rotatable bonds is 2. The lowest BCUT2D eigenvalue weighted by atomic mass is 9.71. The van der Waals surface area contributed by atoms with Gasteiger partial charge < -0.3 is 0 Å². The minimum Gasteiger partial charge on any atom is -0.299 e. The molecule has 0 aliphatic heterocycles. The fourth-order valence-corrected chi connectivity index (χ4v) is 4.83. The van der Waals surface area contributed by atoms with Gasteiger partial charge in [-0.2, -0.15) is 0 Å². The van der Waals surface area contributed by atoms with Crippen molar-refractivity contribution in [3.63, 3.8) is 0 Å². The molecule has 0 bridgehead atoms. The molecule has 0 N–H and O–H groups in total. The molecule has 3 saturated carbocycles. The van der Waals surface area contributed by atoms with Crippen LogP contribution in [0.5, 0.6) is 0 Å². The van der Waals surface area contributed by atoms with Crippen molar-refractivity contribution in [2.75, 3.05) is 0 Å². The van der Waals surface area contributed by atoms with E-state index >= 15 is 0 Å². The average Bonchev–Trinajstić information content (AvgIpc) is 2.80. The predicted molar refractivity (Wildman–Crippen MR) is 65.3 cm³/mol. The molecule has 3 fully saturated rings. The van der Waals surface area contributed by atoms with Crippen molar-refractivity contribution in [1.82, 2.24) is 0 Å². The van der Waals surface area contributed by atoms with Crippen LogP contribution in [-0.2, 0) is 9.59 Å². The van der Waals surface area contributed by atoms with Crippen LogP contribution in [-0.4, -0.2) is 11.6 Å². The lowest BCUT2D eigenvalue weighted by Crippen LogP contribution is -2.36. The fourth-order valence-electron chi connectivity index (χ4n) is 4.83. The highest BCUT2D eigenvalue weighted by Crippen LogP contribution is 2.76. The summed E-state index contributed by atoms with van der Waals surface area (Å²) in [6.45, 7) is 11.9. The predicted octanol–water partition coefficient (Wildman–Crippen LogP) is 2.63. The molecule has 0 spiro atoms. The van der Waals surface area contributed by atoms with Gasteiger partial charge in [0.2, 0.25) is 0 Å². The van der Waals surface area contributed by atoms with E-state index in [0.29, 0.717) is 29.8 Å². The van der Waals surface area contributed by atoms with Gasteiger partial charge in [-0.15, -0.1) is 6.58 Å². The summed E-state index contributed by atoms with van der Waals surface area (Å²) >= 11 is 0. The summed E-state index contributed by atoms with van der Waals surface area (Å²) in [6, 6.07) is 0. The molecule has 0 aromatic carbocycles. The minimum atomic E-state index is -0.456. The lowest BCUT2D eigenvalue weighted by molar-refractivity contribution is -0.135. The highest BCUT2D eigenvalue weighted by Gasteiger charge is 2.82. The normalized spacial score (nSPS) is 49.4. The maximum absolute atomic E-state index is 12.5. The third-order valence-electron chi connectivity index (χ3n) is 5.43. The summed E-state index contributed by atoms with van der Waals surface area (Å²) in [6.07, 6.45) is 0.679. The quantitative estimate of drug-likeness (QED) is 0.686. The van der Waals surface area contributed by atoms with Crippen molar-refractivity contribution in [1.29, 1.82) is 0 Å². The van der Waals surface area contributed by atoms with Gasteiger partial charge in [0.15, 0.2) is 0 Å². The van der Waals surface area contributed by atoms with E-state index < -0.39 is 5.41 Å². The van der Waals surface area contributed by atoms with Crippen molar-refractivity contribution in [3.8, 4) is 0 Å². The number of ketones is 2. The molecule has 0 aromatic heterocycles. The zero-order chi connectivity index (χ0) is 12.7. The van der Waals surface area contributed by atoms with Gasteiger partial charge in [0.05, 0.1) is 0 Å². The monoisotopic (exact) mass is 232 g/mol. The van der Waals surface area contributed by atoms with Crippen LogP contribution in [0, 0.1) is 34.5 Å². The van der Waals surface area contributed by atoms with E-state index in [0.717, 1.165) is 5.57 Å². The lowest BCUT2D eigenvalue weighted by Gasteiger charge is -2.30. The summed E-state index contributed by atoms with van der Waals surface area (Å²) in [5, 5.41) is 0. The first-order chi connectivity index (χ1) is 7.73. The Morgan fingerprint density at radius 3 is 2.35 bits per heavy atom. The molecule has 0 saturated heterocycles. The number of hydrogen-bond donors (Lipinski definition) is 0. The largest absolute Gasteiger partial charge is 0.299 e. The molecule has 3 aliphatic carbocycles. The number of allylic oxidation sites excluding steroid dienone is 1. The fraction of sp³-hybridized carbons (Fsp3) is 0.733. The first-order valence-electron chi connectivity index (χ1n) is 6.46. The Kier molecular flexibility index (Phi) is 1.80. The van der Waals surface area contributed by atoms with E-state index in [1.807, 2.05) is 27.7 Å². The van der Waals surface area contributed by atoms with Crippen LogP contribution in [0.15, 0.2) is 12.2 Å². The smallest absolute Gasteiger partial charge is 0.143 e. The Labute approximate surface area is 102 Å². The molecule has 3 rings (SSSR count). The van der Waals surface area contributed by atoms with Gasteiger partial charge in [0.25, 0.3) is 0 Å². The minimum absolute atomic E-state index is 0.0308. The highest BCUT2D eigenvalue weighted by molar-refractivity contribution is 6.07. The third kappa shape index (κ3) is 1.03. The zero-order valence-corrected chi connectivity index (χ0v) is 11.0. The SMILES string of the molecule is C=C(C)CC1(C)C(=O)C2C3C2C(C)(C)C(=O)C31. The Bertz CT molecular complexity index is 460. The van der Waals surface area contributed by atoms with E-state index in [-0.39, 0.29) is 17.3 Å². The molecular formula is C15H20O2. The van der Waals surface area contributed by atoms with Crippen LogP contribution >= 0.6 is 0 Å². The molecule has 0 aromatic rings. The Morgan fingerprint density at radius 1 is 1.24 bits per heavy atom. The summed E-state index contributed by atoms with van der Waals surface area (Å²) in [4.78, 5) is 25.0. The van der Waals surface area contributed by atoms with E-state index in [4.69, 9.17) is 0 Å². The molecule has 5 atom stereocenters. The van der Waals surface area contributed by atoms with Crippen LogP contribution in [0.1, 0.15) is 34.1 Å². The van der Waals surface area contributed by atoms with Crippen LogP contribution in [0.2, 0.25) is 0 Å². The molecule has 0 radical (unpaired) electrons. The van der Waals surface area contributed by atoms with E-state index in [1.54, 1.807) is 0 Å². The van der Waals surface area contributed by atoms with E-state index in [2.05, 4.69) is 6.58 Å². The van der Waals surface area contributed by atoms with Crippen molar-refractivity contribution in [3.05, 3.63) is 12.2 Å². The van der Waals surface area contributed by atoms with Crippen molar-refractivity contribution >= 4 is 11.6 Å². The molecular weight excluding hydrogens is 212 g/mol. The Morgan fingerprint density at radius 2 is 1.82 bits per heavy atom. The van der Waals surface area contributed by atoms with Crippen molar-refractivity contribution in [2.24, 2.45) is 34.5 Å². The standard InChI is InChI=1S/C15H20O2/c1-7(2)6-15(5)11-8-9(12(15)16)10(8)14(3,4)13(11)17/h8-11H,1,6H2,2-5H3. The highest BCUT2D eigenvalue weighted by atomic mass is 16.1. The van der Waals surface area contributed by atoms with Crippen molar-refractivity contribution in [2.45, 2.75) is 34.1 Å². The third-order valence-corrected chi connectivity index (χ3v) is 5.43. The van der Waals surface area contributed by atoms with Crippen LogP contribution in [0.3, 0.4) is 0 Å². The first-order valence-corrected chi connectivity index (χ1v) is 6.46. The van der Waals surface area contributed by atoms with E-state index in [1.165, 1.54) is 0 Å². The van der Waals surface area contributed by atoms with Gasteiger partial charge in [-0.25, -0.2) is 0 Å². The Hall–Kier alpha value is -0.920. The molecule has 92 valence electrons. The average molecular weight is 232 g/mol. The van der Waals surface area contributed by atoms with Gasteiger partial charge in [0.1, 0.15) is 11.6 Å². The molecule has 0 heterocycles. The number of carbonyl (C=O) groups is 2. The molecule has 0 amide bonds. The maximum Gasteiger partial charge on any atom is 0.143 e. The maximum atomic E-state index is 12.5. The van der Waals surface area contributed by atoms with Gasteiger partial charge in [0, 0.05) is 22.7 Å². The number of hydrogen-bond acceptors (Lipinski definition) is 2.